The van der Waals surface area contributed by atoms with Crippen molar-refractivity contribution < 1.29 is 23.5 Å². The van der Waals surface area contributed by atoms with Crippen LogP contribution < -0.4 is 20.7 Å². The number of hydrogen-bond donors (Lipinski definition) is 3. The molecule has 134 valence electrons. The molecule has 8 nitrogen and oxygen atoms in total. The third-order valence-electron chi connectivity index (χ3n) is 3.97. The monoisotopic (exact) mass is 350 g/mol. The van der Waals surface area contributed by atoms with E-state index in [4.69, 9.17) is 4.74 Å². The fourth-order valence-electron chi connectivity index (χ4n) is 2.94. The predicted molar refractivity (Wildman–Crippen MR) is 88.0 cm³/mol. The Hall–Kier alpha value is -2.84. The molecule has 2 aliphatic rings. The Kier molecular flexibility index (Phi) is 4.73. The van der Waals surface area contributed by atoms with Gasteiger partial charge in [-0.2, -0.15) is 0 Å². The lowest BCUT2D eigenvalue weighted by Gasteiger charge is -2.20. The number of nitrogens with one attached hydrogen (secondary N) is 3. The van der Waals surface area contributed by atoms with Crippen molar-refractivity contribution in [2.75, 3.05) is 30.3 Å². The lowest BCUT2D eigenvalue weighted by Crippen LogP contribution is -2.39. The summed E-state index contributed by atoms with van der Waals surface area (Å²) in [5, 5.41) is 7.70. The predicted octanol–water partition coefficient (Wildman–Crippen LogP) is 1.29. The number of rotatable bonds is 4. The lowest BCUT2D eigenvalue weighted by atomic mass is 10.2. The summed E-state index contributed by atoms with van der Waals surface area (Å²) < 4.78 is 19.0. The minimum Gasteiger partial charge on any atom is -0.478 e. The van der Waals surface area contributed by atoms with E-state index in [9.17, 15) is 18.8 Å². The maximum Gasteiger partial charge on any atom is 0.319 e. The van der Waals surface area contributed by atoms with Gasteiger partial charge in [-0.25, -0.2) is 9.18 Å². The molecule has 0 aromatic heterocycles. The molecule has 3 rings (SSSR count). The summed E-state index contributed by atoms with van der Waals surface area (Å²) in [4.78, 5) is 36.9. The number of nitrogens with zero attached hydrogens (tertiary/aromatic N) is 1. The molecule has 25 heavy (non-hydrogen) atoms. The van der Waals surface area contributed by atoms with Crippen LogP contribution in [0.5, 0.6) is 5.75 Å². The molecule has 0 radical (unpaired) electrons. The van der Waals surface area contributed by atoms with Gasteiger partial charge in [0.1, 0.15) is 0 Å². The summed E-state index contributed by atoms with van der Waals surface area (Å²) in [6.07, 6.45) is 1.10. The van der Waals surface area contributed by atoms with Gasteiger partial charge in [0.05, 0.1) is 11.7 Å². The van der Waals surface area contributed by atoms with Crippen LogP contribution in [0.2, 0.25) is 0 Å². The van der Waals surface area contributed by atoms with Gasteiger partial charge in [0.2, 0.25) is 5.91 Å². The number of hydrogen-bond acceptors (Lipinski definition) is 4. The number of amides is 4. The molecule has 1 atom stereocenters. The van der Waals surface area contributed by atoms with Gasteiger partial charge in [0.25, 0.3) is 5.91 Å². The molecule has 0 bridgehead atoms. The average molecular weight is 350 g/mol. The van der Waals surface area contributed by atoms with Crippen LogP contribution in [0.1, 0.15) is 19.8 Å². The molecule has 1 saturated heterocycles. The Labute approximate surface area is 143 Å². The van der Waals surface area contributed by atoms with Crippen molar-refractivity contribution >= 4 is 29.2 Å². The Morgan fingerprint density at radius 1 is 1.44 bits per heavy atom. The second-order valence-corrected chi connectivity index (χ2v) is 6.01. The largest absolute Gasteiger partial charge is 0.478 e. The molecule has 2 aliphatic heterocycles. The van der Waals surface area contributed by atoms with Gasteiger partial charge < -0.3 is 25.6 Å². The highest BCUT2D eigenvalue weighted by Crippen LogP contribution is 2.33. The summed E-state index contributed by atoms with van der Waals surface area (Å²) in [7, 11) is 0. The van der Waals surface area contributed by atoms with Gasteiger partial charge in [-0.1, -0.05) is 6.92 Å². The van der Waals surface area contributed by atoms with Crippen LogP contribution >= 0.6 is 0 Å². The van der Waals surface area contributed by atoms with E-state index >= 15 is 0 Å². The summed E-state index contributed by atoms with van der Waals surface area (Å²) >= 11 is 0. The van der Waals surface area contributed by atoms with E-state index in [1.807, 2.05) is 6.92 Å². The maximum atomic E-state index is 14.0. The number of halogens is 1. The van der Waals surface area contributed by atoms with Crippen LogP contribution in [0.4, 0.5) is 20.6 Å². The van der Waals surface area contributed by atoms with Crippen molar-refractivity contribution in [3.63, 3.8) is 0 Å². The molecular formula is C16H19FN4O4. The van der Waals surface area contributed by atoms with E-state index in [0.29, 0.717) is 13.1 Å². The number of ether oxygens (including phenoxy) is 1. The minimum atomic E-state index is -0.682. The average Bonchev–Trinajstić information content (AvgIpc) is 2.86. The van der Waals surface area contributed by atoms with Gasteiger partial charge in [-0.05, 0) is 12.5 Å². The highest BCUT2D eigenvalue weighted by molar-refractivity contribution is 5.97. The van der Waals surface area contributed by atoms with Crippen molar-refractivity contribution in [2.45, 2.75) is 25.8 Å². The molecule has 3 N–H and O–H groups in total. The number of benzene rings is 1. The molecule has 1 fully saturated rings. The molecule has 0 unspecified atom stereocenters. The number of urea groups is 1. The smallest absolute Gasteiger partial charge is 0.319 e. The standard InChI is InChI=1S/C16H19FN4O4/c1-2-3-21-7-10(6-14(21)23)19-16(24)18-9-4-11(17)15-12(5-9)20-13(22)8-25-15/h4-5,10H,2-3,6-8H2,1H3,(H,20,22)(H2,18,19,24)/t10-/m1/s1. The van der Waals surface area contributed by atoms with Gasteiger partial charge in [0, 0.05) is 31.3 Å². The molecule has 4 amide bonds. The van der Waals surface area contributed by atoms with Crippen molar-refractivity contribution in [2.24, 2.45) is 0 Å². The maximum absolute atomic E-state index is 14.0. The SMILES string of the molecule is CCCN1C[C@H](NC(=O)Nc2cc(F)c3c(c2)NC(=O)CO3)CC1=O. The first kappa shape index (κ1) is 17.0. The fourth-order valence-corrected chi connectivity index (χ4v) is 2.94. The first-order chi connectivity index (χ1) is 12.0. The van der Waals surface area contributed by atoms with Crippen LogP contribution in [-0.4, -0.2) is 48.5 Å². The van der Waals surface area contributed by atoms with E-state index in [1.165, 1.54) is 6.07 Å². The first-order valence-electron chi connectivity index (χ1n) is 8.07. The molecular weight excluding hydrogens is 331 g/mol. The Morgan fingerprint density at radius 2 is 2.24 bits per heavy atom. The second kappa shape index (κ2) is 6.96. The van der Waals surface area contributed by atoms with Gasteiger partial charge in [-0.15, -0.1) is 0 Å². The van der Waals surface area contributed by atoms with Crippen LogP contribution in [0, 0.1) is 5.82 Å². The third-order valence-corrected chi connectivity index (χ3v) is 3.97. The number of likely N-dealkylation sites (tertiary alicyclic amines) is 1. The lowest BCUT2D eigenvalue weighted by molar-refractivity contribution is -0.127. The fraction of sp³-hybridized carbons (Fsp3) is 0.438. The molecule has 0 aliphatic carbocycles. The van der Waals surface area contributed by atoms with E-state index in [0.717, 1.165) is 12.5 Å². The van der Waals surface area contributed by atoms with E-state index in [1.54, 1.807) is 4.90 Å². The number of carbonyl (C=O) groups is 3. The Bertz CT molecular complexity index is 724. The van der Waals surface area contributed by atoms with Gasteiger partial charge in [-0.3, -0.25) is 9.59 Å². The van der Waals surface area contributed by atoms with Crippen LogP contribution in [0.3, 0.4) is 0 Å². The molecule has 2 heterocycles. The topological polar surface area (TPSA) is 99.8 Å². The Morgan fingerprint density at radius 3 is 3.00 bits per heavy atom. The van der Waals surface area contributed by atoms with Crippen LogP contribution in [0.25, 0.3) is 0 Å². The normalized spacial score (nSPS) is 19.1. The molecule has 0 spiro atoms. The zero-order valence-corrected chi connectivity index (χ0v) is 13.7. The van der Waals surface area contributed by atoms with E-state index in [-0.39, 0.29) is 42.1 Å². The summed E-state index contributed by atoms with van der Waals surface area (Å²) in [5.41, 5.74) is 0.339. The number of carbonyl (C=O) groups excluding carboxylic acids is 3. The second-order valence-electron chi connectivity index (χ2n) is 6.01. The quantitative estimate of drug-likeness (QED) is 0.762. The number of anilines is 2. The number of fused-ring (bicyclic) bond motifs is 1. The summed E-state index contributed by atoms with van der Waals surface area (Å²) in [5.74, 6) is -1.12. The molecule has 1 aromatic rings. The van der Waals surface area contributed by atoms with Crippen LogP contribution in [0.15, 0.2) is 12.1 Å². The van der Waals surface area contributed by atoms with Gasteiger partial charge >= 0.3 is 6.03 Å². The van der Waals surface area contributed by atoms with E-state index < -0.39 is 17.8 Å². The highest BCUT2D eigenvalue weighted by Gasteiger charge is 2.30. The van der Waals surface area contributed by atoms with Crippen molar-refractivity contribution in [3.8, 4) is 5.75 Å². The molecule has 1 aromatic carbocycles. The zero-order valence-electron chi connectivity index (χ0n) is 13.7. The first-order valence-corrected chi connectivity index (χ1v) is 8.07. The Balaban J connectivity index is 1.62. The summed E-state index contributed by atoms with van der Waals surface area (Å²) in [6.45, 7) is 2.85. The molecule has 0 saturated carbocycles. The highest BCUT2D eigenvalue weighted by atomic mass is 19.1. The summed E-state index contributed by atoms with van der Waals surface area (Å²) in [6, 6.07) is 1.69. The van der Waals surface area contributed by atoms with Crippen molar-refractivity contribution in [1.82, 2.24) is 10.2 Å². The van der Waals surface area contributed by atoms with Crippen molar-refractivity contribution in [1.29, 1.82) is 0 Å². The zero-order chi connectivity index (χ0) is 18.0. The van der Waals surface area contributed by atoms with Gasteiger partial charge in [0.15, 0.2) is 18.2 Å². The van der Waals surface area contributed by atoms with E-state index in [2.05, 4.69) is 16.0 Å². The minimum absolute atomic E-state index is 0.00633. The van der Waals surface area contributed by atoms with Crippen molar-refractivity contribution in [3.05, 3.63) is 17.9 Å². The third kappa shape index (κ3) is 3.81. The molecule has 9 heteroatoms. The van der Waals surface area contributed by atoms with Crippen LogP contribution in [-0.2, 0) is 9.59 Å².